The van der Waals surface area contributed by atoms with Gasteiger partial charge in [0.1, 0.15) is 5.01 Å². The van der Waals surface area contributed by atoms with Crippen LogP contribution in [0.3, 0.4) is 0 Å². The molecule has 0 bridgehead atoms. The minimum absolute atomic E-state index is 0.0149. The first-order valence-corrected chi connectivity index (χ1v) is 8.89. The van der Waals surface area contributed by atoms with Crippen molar-refractivity contribution in [2.24, 2.45) is 0 Å². The maximum absolute atomic E-state index is 12.1. The van der Waals surface area contributed by atoms with Crippen LogP contribution < -0.4 is 5.32 Å². The highest BCUT2D eigenvalue weighted by atomic mass is 32.1. The van der Waals surface area contributed by atoms with Crippen LogP contribution in [0.1, 0.15) is 5.56 Å². The third kappa shape index (κ3) is 3.59. The predicted octanol–water partition coefficient (Wildman–Crippen LogP) is 5.14. The molecule has 0 spiro atoms. The van der Waals surface area contributed by atoms with Gasteiger partial charge in [-0.2, -0.15) is 0 Å². The second kappa shape index (κ2) is 6.87. The number of anilines is 1. The summed E-state index contributed by atoms with van der Waals surface area (Å²) in [4.78, 5) is 16.8. The molecule has 0 saturated carbocycles. The largest absolute Gasteiger partial charge is 0.326 e. The summed E-state index contributed by atoms with van der Waals surface area (Å²) in [6.07, 6.45) is 0.375. The summed E-state index contributed by atoms with van der Waals surface area (Å²) in [5, 5.41) is 3.93. The van der Waals surface area contributed by atoms with E-state index in [0.717, 1.165) is 27.3 Å². The number of benzene rings is 3. The summed E-state index contributed by atoms with van der Waals surface area (Å²) in [6, 6.07) is 25.7. The molecule has 0 saturated heterocycles. The Kier molecular flexibility index (Phi) is 4.27. The lowest BCUT2D eigenvalue weighted by atomic mass is 10.1. The molecule has 122 valence electrons. The van der Waals surface area contributed by atoms with Crippen molar-refractivity contribution in [3.05, 3.63) is 84.4 Å². The van der Waals surface area contributed by atoms with Crippen LogP contribution in [-0.2, 0) is 11.2 Å². The second-order valence-corrected chi connectivity index (χ2v) is 6.81. The van der Waals surface area contributed by atoms with E-state index in [2.05, 4.69) is 16.4 Å². The van der Waals surface area contributed by atoms with Gasteiger partial charge in [-0.25, -0.2) is 4.98 Å². The first-order valence-electron chi connectivity index (χ1n) is 8.08. The van der Waals surface area contributed by atoms with Crippen molar-refractivity contribution in [3.63, 3.8) is 0 Å². The number of amides is 1. The minimum atomic E-state index is -0.0149. The maximum atomic E-state index is 12.1. The highest BCUT2D eigenvalue weighted by Gasteiger charge is 2.07. The van der Waals surface area contributed by atoms with Gasteiger partial charge in [0.05, 0.1) is 16.6 Å². The lowest BCUT2D eigenvalue weighted by Gasteiger charge is -2.06. The van der Waals surface area contributed by atoms with Crippen LogP contribution in [-0.4, -0.2) is 10.9 Å². The number of para-hydroxylation sites is 1. The SMILES string of the molecule is O=C(Cc1ccccc1)Nc1ccc(-c2nc3ccccc3s2)cc1. The topological polar surface area (TPSA) is 42.0 Å². The van der Waals surface area contributed by atoms with Crippen molar-refractivity contribution in [2.45, 2.75) is 6.42 Å². The zero-order valence-electron chi connectivity index (χ0n) is 13.5. The van der Waals surface area contributed by atoms with Gasteiger partial charge in [0.15, 0.2) is 0 Å². The summed E-state index contributed by atoms with van der Waals surface area (Å²) >= 11 is 1.67. The lowest BCUT2D eigenvalue weighted by Crippen LogP contribution is -2.14. The highest BCUT2D eigenvalue weighted by Crippen LogP contribution is 2.30. The molecule has 4 heteroatoms. The standard InChI is InChI=1S/C21H16N2OS/c24-20(14-15-6-2-1-3-7-15)22-17-12-10-16(11-13-17)21-23-18-8-4-5-9-19(18)25-21/h1-13H,14H2,(H,22,24). The molecule has 1 N–H and O–H groups in total. The first kappa shape index (κ1) is 15.5. The summed E-state index contributed by atoms with van der Waals surface area (Å²) in [5.74, 6) is -0.0149. The van der Waals surface area contributed by atoms with Crippen LogP contribution in [0.2, 0.25) is 0 Å². The zero-order valence-corrected chi connectivity index (χ0v) is 14.3. The number of hydrogen-bond acceptors (Lipinski definition) is 3. The summed E-state index contributed by atoms with van der Waals surface area (Å²) < 4.78 is 1.18. The Morgan fingerprint density at radius 2 is 1.60 bits per heavy atom. The van der Waals surface area contributed by atoms with E-state index in [0.29, 0.717) is 6.42 Å². The molecular formula is C21H16N2OS. The molecule has 0 atom stereocenters. The Morgan fingerprint density at radius 3 is 2.36 bits per heavy atom. The van der Waals surface area contributed by atoms with Gasteiger partial charge in [-0.3, -0.25) is 4.79 Å². The molecule has 1 heterocycles. The van der Waals surface area contributed by atoms with E-state index in [1.54, 1.807) is 11.3 Å². The van der Waals surface area contributed by atoms with E-state index in [9.17, 15) is 4.79 Å². The summed E-state index contributed by atoms with van der Waals surface area (Å²) in [6.45, 7) is 0. The third-order valence-electron chi connectivity index (χ3n) is 3.92. The molecule has 1 amide bonds. The third-order valence-corrected chi connectivity index (χ3v) is 5.00. The van der Waals surface area contributed by atoms with Crippen LogP contribution in [0.15, 0.2) is 78.9 Å². The Bertz CT molecular complexity index is 974. The lowest BCUT2D eigenvalue weighted by molar-refractivity contribution is -0.115. The van der Waals surface area contributed by atoms with E-state index >= 15 is 0 Å². The summed E-state index contributed by atoms with van der Waals surface area (Å²) in [7, 11) is 0. The number of nitrogens with one attached hydrogen (secondary N) is 1. The first-order chi connectivity index (χ1) is 12.3. The normalized spacial score (nSPS) is 10.7. The molecule has 4 rings (SSSR count). The van der Waals surface area contributed by atoms with Gasteiger partial charge < -0.3 is 5.32 Å². The quantitative estimate of drug-likeness (QED) is 0.557. The van der Waals surface area contributed by atoms with Gasteiger partial charge in [-0.15, -0.1) is 11.3 Å². The van der Waals surface area contributed by atoms with Crippen LogP contribution in [0, 0.1) is 0 Å². The fourth-order valence-electron chi connectivity index (χ4n) is 2.68. The fraction of sp³-hybridized carbons (Fsp3) is 0.0476. The Morgan fingerprint density at radius 1 is 0.880 bits per heavy atom. The van der Waals surface area contributed by atoms with Gasteiger partial charge in [-0.1, -0.05) is 42.5 Å². The molecule has 0 unspecified atom stereocenters. The van der Waals surface area contributed by atoms with Crippen LogP contribution in [0.5, 0.6) is 0 Å². The van der Waals surface area contributed by atoms with E-state index in [1.807, 2.05) is 72.8 Å². The smallest absolute Gasteiger partial charge is 0.228 e. The molecule has 0 aliphatic heterocycles. The number of rotatable bonds is 4. The molecule has 3 aromatic carbocycles. The Balaban J connectivity index is 1.47. The number of carbonyl (C=O) groups is 1. The molecule has 25 heavy (non-hydrogen) atoms. The number of hydrogen-bond donors (Lipinski definition) is 1. The van der Waals surface area contributed by atoms with Crippen LogP contribution >= 0.6 is 11.3 Å². The zero-order chi connectivity index (χ0) is 17.1. The molecule has 4 aromatic rings. The number of thiazole rings is 1. The van der Waals surface area contributed by atoms with Gasteiger partial charge >= 0.3 is 0 Å². The Labute approximate surface area is 150 Å². The number of aromatic nitrogens is 1. The number of nitrogens with zero attached hydrogens (tertiary/aromatic N) is 1. The van der Waals surface area contributed by atoms with Crippen molar-refractivity contribution in [3.8, 4) is 10.6 Å². The Hall–Kier alpha value is -2.98. The highest BCUT2D eigenvalue weighted by molar-refractivity contribution is 7.21. The predicted molar refractivity (Wildman–Crippen MR) is 104 cm³/mol. The van der Waals surface area contributed by atoms with Gasteiger partial charge in [-0.05, 0) is 42.0 Å². The number of carbonyl (C=O) groups excluding carboxylic acids is 1. The van der Waals surface area contributed by atoms with Crippen molar-refractivity contribution in [1.82, 2.24) is 4.98 Å². The fourth-order valence-corrected chi connectivity index (χ4v) is 3.65. The minimum Gasteiger partial charge on any atom is -0.326 e. The van der Waals surface area contributed by atoms with Gasteiger partial charge in [0, 0.05) is 11.3 Å². The molecule has 0 fully saturated rings. The van der Waals surface area contributed by atoms with Crippen LogP contribution in [0.25, 0.3) is 20.8 Å². The van der Waals surface area contributed by atoms with E-state index < -0.39 is 0 Å². The molecule has 0 aliphatic carbocycles. The average Bonchev–Trinajstić information content (AvgIpc) is 3.07. The maximum Gasteiger partial charge on any atom is 0.228 e. The van der Waals surface area contributed by atoms with E-state index in [4.69, 9.17) is 0 Å². The molecule has 0 aliphatic rings. The monoisotopic (exact) mass is 344 g/mol. The van der Waals surface area contributed by atoms with Crippen molar-refractivity contribution in [2.75, 3.05) is 5.32 Å². The average molecular weight is 344 g/mol. The molecule has 1 aromatic heterocycles. The summed E-state index contributed by atoms with van der Waals surface area (Å²) in [5.41, 5.74) is 3.88. The second-order valence-electron chi connectivity index (χ2n) is 5.77. The van der Waals surface area contributed by atoms with Crippen LogP contribution in [0.4, 0.5) is 5.69 Å². The van der Waals surface area contributed by atoms with Crippen molar-refractivity contribution >= 4 is 33.1 Å². The van der Waals surface area contributed by atoms with E-state index in [-0.39, 0.29) is 5.91 Å². The van der Waals surface area contributed by atoms with E-state index in [1.165, 1.54) is 4.70 Å². The van der Waals surface area contributed by atoms with Gasteiger partial charge in [0.2, 0.25) is 5.91 Å². The molecular weight excluding hydrogens is 328 g/mol. The van der Waals surface area contributed by atoms with Gasteiger partial charge in [0.25, 0.3) is 0 Å². The molecule has 3 nitrogen and oxygen atoms in total. The van der Waals surface area contributed by atoms with Crippen molar-refractivity contribution in [1.29, 1.82) is 0 Å². The number of fused-ring (bicyclic) bond motifs is 1. The molecule has 0 radical (unpaired) electrons. The van der Waals surface area contributed by atoms with Crippen molar-refractivity contribution < 1.29 is 4.79 Å².